The second-order valence-corrected chi connectivity index (χ2v) is 12.0. The monoisotopic (exact) mass is 490 g/mol. The van der Waals surface area contributed by atoms with E-state index in [4.69, 9.17) is 4.74 Å². The number of esters is 1. The molecular weight excluding hydrogens is 448 g/mol. The first-order valence-electron chi connectivity index (χ1n) is 13.2. The number of carbonyl (C=O) groups is 2. The van der Waals surface area contributed by atoms with E-state index in [0.717, 1.165) is 32.1 Å². The smallest absolute Gasteiger partial charge is 0.306 e. The fraction of sp³-hybridized carbons (Fsp3) is 0.786. The van der Waals surface area contributed by atoms with Crippen molar-refractivity contribution in [3.05, 3.63) is 23.3 Å². The van der Waals surface area contributed by atoms with Crippen molar-refractivity contribution < 1.29 is 34.8 Å². The Hall–Kier alpha value is -1.54. The summed E-state index contributed by atoms with van der Waals surface area (Å²) in [5.74, 6) is -2.22. The van der Waals surface area contributed by atoms with Crippen LogP contribution in [-0.4, -0.2) is 62.2 Å². The first kappa shape index (κ1) is 26.5. The fourth-order valence-electron chi connectivity index (χ4n) is 7.86. The van der Waals surface area contributed by atoms with Gasteiger partial charge in [-0.15, -0.1) is 0 Å². The summed E-state index contributed by atoms with van der Waals surface area (Å²) in [4.78, 5) is 27.3. The van der Waals surface area contributed by atoms with E-state index < -0.39 is 52.7 Å². The molecule has 2 bridgehead atoms. The first-order chi connectivity index (χ1) is 16.4. The van der Waals surface area contributed by atoms with Crippen molar-refractivity contribution in [2.75, 3.05) is 6.61 Å². The molecule has 0 heterocycles. The van der Waals surface area contributed by atoms with Crippen molar-refractivity contribution in [1.29, 1.82) is 0 Å². The molecule has 0 saturated heterocycles. The van der Waals surface area contributed by atoms with Gasteiger partial charge in [-0.3, -0.25) is 9.59 Å². The second-order valence-electron chi connectivity index (χ2n) is 12.0. The number of allylic oxidation sites excluding steroid dienone is 1. The number of unbranched alkanes of at least 4 members (excludes halogenated alkanes) is 4. The summed E-state index contributed by atoms with van der Waals surface area (Å²) in [5.41, 5.74) is -4.63. The summed E-state index contributed by atoms with van der Waals surface area (Å²) in [6, 6.07) is 0. The summed E-state index contributed by atoms with van der Waals surface area (Å²) in [6.07, 6.45) is 5.87. The van der Waals surface area contributed by atoms with Gasteiger partial charge in [0.25, 0.3) is 0 Å². The van der Waals surface area contributed by atoms with Crippen LogP contribution in [0.2, 0.25) is 0 Å². The molecule has 7 heteroatoms. The van der Waals surface area contributed by atoms with Gasteiger partial charge in [-0.2, -0.15) is 0 Å². The third-order valence-corrected chi connectivity index (χ3v) is 9.83. The summed E-state index contributed by atoms with van der Waals surface area (Å²) in [5, 5.41) is 44.2. The van der Waals surface area contributed by atoms with Gasteiger partial charge in [0.1, 0.15) is 23.4 Å². The van der Waals surface area contributed by atoms with Crippen molar-refractivity contribution in [2.24, 2.45) is 28.6 Å². The van der Waals surface area contributed by atoms with E-state index in [1.807, 2.05) is 20.8 Å². The minimum Gasteiger partial charge on any atom is -0.458 e. The number of carbonyl (C=O) groups excluding carboxylic acids is 2. The molecule has 0 radical (unpaired) electrons. The number of hydrogen-bond donors (Lipinski definition) is 4. The maximum absolute atomic E-state index is 14.3. The Labute approximate surface area is 208 Å². The van der Waals surface area contributed by atoms with Crippen molar-refractivity contribution in [3.8, 4) is 0 Å². The highest BCUT2D eigenvalue weighted by atomic mass is 16.6. The molecule has 0 amide bonds. The molecule has 8 atom stereocenters. The van der Waals surface area contributed by atoms with E-state index in [9.17, 15) is 30.0 Å². The molecule has 4 rings (SSSR count). The van der Waals surface area contributed by atoms with Crippen LogP contribution in [0.3, 0.4) is 0 Å². The summed E-state index contributed by atoms with van der Waals surface area (Å²) < 4.78 is 6.24. The number of ketones is 1. The molecule has 0 aromatic rings. The van der Waals surface area contributed by atoms with Crippen LogP contribution < -0.4 is 0 Å². The van der Waals surface area contributed by atoms with Crippen molar-refractivity contribution in [3.63, 3.8) is 0 Å². The lowest BCUT2D eigenvalue weighted by molar-refractivity contribution is -0.191. The van der Waals surface area contributed by atoms with Crippen LogP contribution >= 0.6 is 0 Å². The van der Waals surface area contributed by atoms with Gasteiger partial charge >= 0.3 is 5.97 Å². The second kappa shape index (κ2) is 8.79. The van der Waals surface area contributed by atoms with E-state index in [-0.39, 0.29) is 23.2 Å². The molecular formula is C28H42O7. The van der Waals surface area contributed by atoms with Gasteiger partial charge in [-0.1, -0.05) is 65.5 Å². The SMILES string of the molecule is CCCCCCCC(=O)O[C@@]12CC(C)C34C=C(C)[C@H](O)[C@@]3(O)[C@H](O)C(CO)=C[C@H](C4=O)[C@@H]1C2(C)C. The number of rotatable bonds is 8. The van der Waals surface area contributed by atoms with Crippen LogP contribution in [-0.2, 0) is 14.3 Å². The normalized spacial score (nSPS) is 43.3. The Morgan fingerprint density at radius 2 is 1.80 bits per heavy atom. The van der Waals surface area contributed by atoms with Gasteiger partial charge in [0.15, 0.2) is 5.78 Å². The van der Waals surface area contributed by atoms with E-state index >= 15 is 0 Å². The quantitative estimate of drug-likeness (QED) is 0.234. The highest BCUT2D eigenvalue weighted by molar-refractivity contribution is 5.95. The van der Waals surface area contributed by atoms with Crippen LogP contribution in [0.15, 0.2) is 23.3 Å². The minimum absolute atomic E-state index is 0.114. The largest absolute Gasteiger partial charge is 0.458 e. The predicted molar refractivity (Wildman–Crippen MR) is 130 cm³/mol. The Bertz CT molecular complexity index is 951. The van der Waals surface area contributed by atoms with Gasteiger partial charge in [-0.05, 0) is 36.8 Å². The average molecular weight is 491 g/mol. The Morgan fingerprint density at radius 1 is 1.14 bits per heavy atom. The summed E-state index contributed by atoms with van der Waals surface area (Å²) >= 11 is 0. The maximum Gasteiger partial charge on any atom is 0.306 e. The minimum atomic E-state index is -2.21. The molecule has 2 unspecified atom stereocenters. The summed E-state index contributed by atoms with van der Waals surface area (Å²) in [6.45, 7) is 9.05. The molecule has 35 heavy (non-hydrogen) atoms. The molecule has 0 aromatic carbocycles. The van der Waals surface area contributed by atoms with Crippen LogP contribution in [0.25, 0.3) is 0 Å². The molecule has 2 saturated carbocycles. The molecule has 4 N–H and O–H groups in total. The number of aliphatic hydroxyl groups excluding tert-OH is 3. The molecule has 1 spiro atoms. The van der Waals surface area contributed by atoms with Crippen LogP contribution in [0.1, 0.15) is 79.6 Å². The molecule has 4 aliphatic carbocycles. The van der Waals surface area contributed by atoms with Gasteiger partial charge in [-0.25, -0.2) is 0 Å². The van der Waals surface area contributed by atoms with E-state index in [1.54, 1.807) is 19.1 Å². The Morgan fingerprint density at radius 3 is 2.43 bits per heavy atom. The van der Waals surface area contributed by atoms with Crippen molar-refractivity contribution in [2.45, 2.75) is 103 Å². The molecule has 4 aliphatic rings. The lowest BCUT2D eigenvalue weighted by Crippen LogP contribution is -2.65. The average Bonchev–Trinajstić information content (AvgIpc) is 3.21. The van der Waals surface area contributed by atoms with Gasteiger partial charge in [0.05, 0.1) is 12.0 Å². The third-order valence-electron chi connectivity index (χ3n) is 9.83. The predicted octanol–water partition coefficient (Wildman–Crippen LogP) is 2.84. The Balaban J connectivity index is 1.74. The van der Waals surface area contributed by atoms with Gasteiger partial charge < -0.3 is 25.2 Å². The van der Waals surface area contributed by atoms with E-state index in [0.29, 0.717) is 18.4 Å². The third kappa shape index (κ3) is 3.38. The topological polar surface area (TPSA) is 124 Å². The lowest BCUT2D eigenvalue weighted by Gasteiger charge is -2.48. The number of aliphatic hydroxyl groups is 4. The molecule has 0 aliphatic heterocycles. The van der Waals surface area contributed by atoms with Crippen molar-refractivity contribution in [1.82, 2.24) is 0 Å². The molecule has 196 valence electrons. The van der Waals surface area contributed by atoms with Gasteiger partial charge in [0, 0.05) is 23.7 Å². The highest BCUT2D eigenvalue weighted by Gasteiger charge is 2.83. The maximum atomic E-state index is 14.3. The number of Topliss-reactive ketones (excluding diaryl/α,β-unsaturated/α-hetero) is 1. The lowest BCUT2D eigenvalue weighted by atomic mass is 9.59. The van der Waals surface area contributed by atoms with E-state index in [1.165, 1.54) is 0 Å². The highest BCUT2D eigenvalue weighted by Crippen LogP contribution is 2.75. The zero-order valence-corrected chi connectivity index (χ0v) is 21.7. The Kier molecular flexibility index (Phi) is 6.66. The van der Waals surface area contributed by atoms with Crippen LogP contribution in [0.5, 0.6) is 0 Å². The standard InChI is InChI=1S/C28H42O7/c1-6-7-8-9-10-11-20(30)35-27-14-17(3)26-13-16(2)22(31)28(26,34)23(32)18(15-29)12-19(24(26)33)21(27)25(27,4)5/h12-13,17,19,21-23,29,31-32,34H,6-11,14-15H2,1-5H3/t17?,19-,21+,22-,23+,26?,27-,28+/m0/s1. The summed E-state index contributed by atoms with van der Waals surface area (Å²) in [7, 11) is 0. The van der Waals surface area contributed by atoms with Crippen molar-refractivity contribution >= 4 is 11.8 Å². The zero-order valence-electron chi connectivity index (χ0n) is 21.7. The van der Waals surface area contributed by atoms with Crippen LogP contribution in [0, 0.1) is 28.6 Å². The first-order valence-corrected chi connectivity index (χ1v) is 13.2. The molecule has 7 nitrogen and oxygen atoms in total. The molecule has 0 aromatic heterocycles. The number of hydrogen-bond acceptors (Lipinski definition) is 7. The zero-order chi connectivity index (χ0) is 26.0. The van der Waals surface area contributed by atoms with Gasteiger partial charge in [0.2, 0.25) is 0 Å². The fourth-order valence-corrected chi connectivity index (χ4v) is 7.86. The molecule has 2 fully saturated rings. The number of fused-ring (bicyclic) bond motifs is 3. The van der Waals surface area contributed by atoms with E-state index in [2.05, 4.69) is 6.92 Å². The van der Waals surface area contributed by atoms with Crippen LogP contribution in [0.4, 0.5) is 0 Å². The number of ether oxygens (including phenoxy) is 1.